The van der Waals surface area contributed by atoms with E-state index < -0.39 is 30.5 Å². The second-order valence-electron chi connectivity index (χ2n) is 7.22. The van der Waals surface area contributed by atoms with E-state index >= 15 is 0 Å². The topological polar surface area (TPSA) is 90.7 Å². The van der Waals surface area contributed by atoms with Crippen LogP contribution in [0.4, 0.5) is 0 Å². The maximum atomic E-state index is 12.7. The van der Waals surface area contributed by atoms with Crippen LogP contribution in [0, 0.1) is 13.8 Å². The zero-order chi connectivity index (χ0) is 21.7. The highest BCUT2D eigenvalue weighted by Crippen LogP contribution is 2.21. The average molecular weight is 413 g/mol. The Balaban J connectivity index is 1.69. The van der Waals surface area contributed by atoms with Crippen molar-refractivity contribution in [2.45, 2.75) is 46.1 Å². The van der Waals surface area contributed by atoms with E-state index in [1.54, 1.807) is 25.5 Å². The average Bonchev–Trinajstić information content (AvgIpc) is 3.06. The molecule has 8 nitrogen and oxygen atoms in total. The Morgan fingerprint density at radius 1 is 1.10 bits per heavy atom. The summed E-state index contributed by atoms with van der Waals surface area (Å²) in [6.45, 7) is 5.53. The van der Waals surface area contributed by atoms with Crippen molar-refractivity contribution >= 4 is 17.8 Å². The molecule has 160 valence electrons. The minimum Gasteiger partial charge on any atom is -0.464 e. The first-order chi connectivity index (χ1) is 14.4. The first-order valence-corrected chi connectivity index (χ1v) is 10.2. The molecule has 0 saturated carbocycles. The van der Waals surface area contributed by atoms with E-state index in [2.05, 4.69) is 5.10 Å². The third-order valence-corrected chi connectivity index (χ3v) is 5.20. The molecular weight excluding hydrogens is 386 g/mol. The number of rotatable bonds is 6. The summed E-state index contributed by atoms with van der Waals surface area (Å²) in [5.74, 6) is -1.41. The molecule has 1 saturated heterocycles. The fourth-order valence-corrected chi connectivity index (χ4v) is 3.75. The van der Waals surface area contributed by atoms with Crippen molar-refractivity contribution in [2.75, 3.05) is 19.8 Å². The molecule has 0 unspecified atom stereocenters. The molecule has 0 aliphatic carbocycles. The van der Waals surface area contributed by atoms with E-state index in [0.717, 1.165) is 18.5 Å². The lowest BCUT2D eigenvalue weighted by Crippen LogP contribution is -2.50. The number of esters is 2. The number of likely N-dealkylation sites (tertiary alicyclic amines) is 1. The minimum absolute atomic E-state index is 0.260. The number of para-hydroxylation sites is 1. The lowest BCUT2D eigenvalue weighted by atomic mass is 10.0. The van der Waals surface area contributed by atoms with Gasteiger partial charge in [-0.05, 0) is 52.2 Å². The summed E-state index contributed by atoms with van der Waals surface area (Å²) in [7, 11) is 0. The molecule has 0 bridgehead atoms. The third kappa shape index (κ3) is 4.53. The first-order valence-electron chi connectivity index (χ1n) is 10.2. The molecular formula is C22H27N3O5. The number of piperidine rings is 1. The second kappa shape index (κ2) is 9.56. The van der Waals surface area contributed by atoms with Crippen molar-refractivity contribution in [3.8, 4) is 5.69 Å². The number of aryl methyl sites for hydroxylation is 1. The summed E-state index contributed by atoms with van der Waals surface area (Å²) in [5, 5.41) is 4.43. The second-order valence-corrected chi connectivity index (χ2v) is 7.22. The smallest absolute Gasteiger partial charge is 0.342 e. The fraction of sp³-hybridized carbons (Fsp3) is 0.455. The quantitative estimate of drug-likeness (QED) is 0.676. The van der Waals surface area contributed by atoms with Gasteiger partial charge in [0.25, 0.3) is 5.91 Å². The highest BCUT2D eigenvalue weighted by atomic mass is 16.5. The van der Waals surface area contributed by atoms with Crippen molar-refractivity contribution in [3.63, 3.8) is 0 Å². The zero-order valence-electron chi connectivity index (χ0n) is 17.6. The van der Waals surface area contributed by atoms with Crippen LogP contribution in [0.5, 0.6) is 0 Å². The number of carbonyl (C=O) groups is 3. The van der Waals surface area contributed by atoms with E-state index in [0.29, 0.717) is 29.9 Å². The zero-order valence-corrected chi connectivity index (χ0v) is 17.6. The van der Waals surface area contributed by atoms with Gasteiger partial charge in [0.15, 0.2) is 6.61 Å². The van der Waals surface area contributed by atoms with E-state index in [1.165, 1.54) is 4.90 Å². The van der Waals surface area contributed by atoms with Gasteiger partial charge in [-0.1, -0.05) is 18.2 Å². The molecule has 0 spiro atoms. The van der Waals surface area contributed by atoms with Crippen molar-refractivity contribution in [1.29, 1.82) is 0 Å². The largest absolute Gasteiger partial charge is 0.464 e. The van der Waals surface area contributed by atoms with E-state index in [4.69, 9.17) is 9.47 Å². The molecule has 1 aromatic carbocycles. The van der Waals surface area contributed by atoms with Gasteiger partial charge in [0.2, 0.25) is 0 Å². The van der Waals surface area contributed by atoms with Crippen LogP contribution in [0.25, 0.3) is 5.69 Å². The van der Waals surface area contributed by atoms with Crippen LogP contribution < -0.4 is 0 Å². The Kier molecular flexibility index (Phi) is 6.87. The number of nitrogens with zero attached hydrogens (tertiary/aromatic N) is 3. The number of aromatic nitrogens is 2. The van der Waals surface area contributed by atoms with Crippen LogP contribution >= 0.6 is 0 Å². The minimum atomic E-state index is -0.616. The molecule has 1 aliphatic rings. The Hall–Kier alpha value is -3.16. The fourth-order valence-electron chi connectivity index (χ4n) is 3.75. The molecule has 2 aromatic rings. The van der Waals surface area contributed by atoms with Crippen LogP contribution in [0.2, 0.25) is 0 Å². The molecule has 3 rings (SSSR count). The van der Waals surface area contributed by atoms with Gasteiger partial charge in [0, 0.05) is 6.54 Å². The van der Waals surface area contributed by atoms with Crippen LogP contribution in [-0.4, -0.2) is 58.3 Å². The van der Waals surface area contributed by atoms with E-state index in [-0.39, 0.29) is 6.61 Å². The van der Waals surface area contributed by atoms with E-state index in [1.807, 2.05) is 30.3 Å². The molecule has 0 N–H and O–H groups in total. The summed E-state index contributed by atoms with van der Waals surface area (Å²) < 4.78 is 12.1. The molecule has 2 heterocycles. The summed E-state index contributed by atoms with van der Waals surface area (Å²) in [6, 6.07) is 8.85. The number of hydrogen-bond acceptors (Lipinski definition) is 6. The van der Waals surface area contributed by atoms with Crippen LogP contribution in [0.3, 0.4) is 0 Å². The van der Waals surface area contributed by atoms with Gasteiger partial charge in [0.1, 0.15) is 11.6 Å². The molecule has 1 fully saturated rings. The number of amides is 1. The van der Waals surface area contributed by atoms with Crippen molar-refractivity contribution in [3.05, 3.63) is 47.3 Å². The molecule has 30 heavy (non-hydrogen) atoms. The maximum absolute atomic E-state index is 12.7. The first kappa shape index (κ1) is 21.5. The lowest BCUT2D eigenvalue weighted by molar-refractivity contribution is -0.157. The Morgan fingerprint density at radius 3 is 2.53 bits per heavy atom. The Morgan fingerprint density at radius 2 is 1.83 bits per heavy atom. The predicted molar refractivity (Wildman–Crippen MR) is 109 cm³/mol. The summed E-state index contributed by atoms with van der Waals surface area (Å²) >= 11 is 0. The lowest BCUT2D eigenvalue weighted by Gasteiger charge is -2.33. The Bertz CT molecular complexity index is 922. The monoisotopic (exact) mass is 413 g/mol. The number of ether oxygens (including phenoxy) is 2. The standard InChI is InChI=1S/C22H27N3O5/c1-4-29-21(27)18-12-8-9-13-24(18)19(26)14-30-22(28)20-15(2)23-25(16(20)3)17-10-6-5-7-11-17/h5-7,10-11,18H,4,8-9,12-14H2,1-3H3/t18-/m0/s1. The van der Waals surface area contributed by atoms with Gasteiger partial charge in [-0.2, -0.15) is 5.10 Å². The molecule has 8 heteroatoms. The predicted octanol–water partition coefficient (Wildman–Crippen LogP) is 2.59. The molecule has 1 aromatic heterocycles. The number of carbonyl (C=O) groups excluding carboxylic acids is 3. The van der Waals surface area contributed by atoms with Crippen molar-refractivity contribution in [1.82, 2.24) is 14.7 Å². The molecule has 0 radical (unpaired) electrons. The van der Waals surface area contributed by atoms with Crippen LogP contribution in [0.15, 0.2) is 30.3 Å². The molecule has 1 amide bonds. The SMILES string of the molecule is CCOC(=O)[C@@H]1CCCCN1C(=O)COC(=O)c1c(C)nn(-c2ccccc2)c1C. The van der Waals surface area contributed by atoms with Crippen molar-refractivity contribution < 1.29 is 23.9 Å². The third-order valence-electron chi connectivity index (χ3n) is 5.20. The summed E-state index contributed by atoms with van der Waals surface area (Å²) in [5.41, 5.74) is 2.33. The van der Waals surface area contributed by atoms with E-state index in [9.17, 15) is 14.4 Å². The van der Waals surface area contributed by atoms with Gasteiger partial charge in [0.05, 0.1) is 23.7 Å². The summed E-state index contributed by atoms with van der Waals surface area (Å²) in [6.07, 6.45) is 2.21. The highest BCUT2D eigenvalue weighted by molar-refractivity contribution is 5.94. The van der Waals surface area contributed by atoms with Gasteiger partial charge in [-0.25, -0.2) is 14.3 Å². The van der Waals surface area contributed by atoms with Gasteiger partial charge < -0.3 is 14.4 Å². The van der Waals surface area contributed by atoms with Crippen LogP contribution in [-0.2, 0) is 19.1 Å². The number of hydrogen-bond donors (Lipinski definition) is 0. The normalized spacial score (nSPS) is 16.2. The van der Waals surface area contributed by atoms with Crippen molar-refractivity contribution in [2.24, 2.45) is 0 Å². The molecule has 1 atom stereocenters. The molecule has 1 aliphatic heterocycles. The maximum Gasteiger partial charge on any atom is 0.342 e. The Labute approximate surface area is 175 Å². The number of benzene rings is 1. The highest BCUT2D eigenvalue weighted by Gasteiger charge is 2.33. The van der Waals surface area contributed by atoms with Gasteiger partial charge in [-0.3, -0.25) is 4.79 Å². The van der Waals surface area contributed by atoms with Gasteiger partial charge in [-0.15, -0.1) is 0 Å². The van der Waals surface area contributed by atoms with Gasteiger partial charge >= 0.3 is 11.9 Å². The van der Waals surface area contributed by atoms with Crippen LogP contribution in [0.1, 0.15) is 47.9 Å². The summed E-state index contributed by atoms with van der Waals surface area (Å²) in [4.78, 5) is 39.0.